The molecular weight excluding hydrogens is 374 g/mol. The number of imidazole rings is 1. The van der Waals surface area contributed by atoms with Gasteiger partial charge in [0.05, 0.1) is 34.3 Å². The van der Waals surface area contributed by atoms with Crippen LogP contribution in [-0.2, 0) is 15.3 Å². The number of benzene rings is 2. The Morgan fingerprint density at radius 3 is 2.71 bits per heavy atom. The zero-order valence-corrected chi connectivity index (χ0v) is 16.4. The Kier molecular flexibility index (Phi) is 5.34. The molecule has 1 N–H and O–H groups in total. The summed E-state index contributed by atoms with van der Waals surface area (Å²) in [7, 11) is 0. The van der Waals surface area contributed by atoms with Crippen molar-refractivity contribution >= 4 is 40.3 Å². The van der Waals surface area contributed by atoms with E-state index in [1.54, 1.807) is 24.3 Å². The van der Waals surface area contributed by atoms with Gasteiger partial charge in [-0.3, -0.25) is 9.59 Å². The van der Waals surface area contributed by atoms with E-state index in [4.69, 9.17) is 4.74 Å². The lowest BCUT2D eigenvalue weighted by molar-refractivity contribution is -0.121. The van der Waals surface area contributed by atoms with Gasteiger partial charge >= 0.3 is 0 Å². The van der Waals surface area contributed by atoms with Crippen molar-refractivity contribution in [3.8, 4) is 5.75 Å². The third kappa shape index (κ3) is 3.75. The van der Waals surface area contributed by atoms with Crippen LogP contribution in [0.4, 0.5) is 5.69 Å². The SMILES string of the molecule is CCCOc1ccc(N2C(=O)C[C@H](SCc3nc4ccccc4[nH]3)C2=O)cc1. The Hall–Kier alpha value is -2.80. The Bertz CT molecular complexity index is 967. The molecule has 0 saturated carbocycles. The van der Waals surface area contributed by atoms with Gasteiger partial charge in [-0.05, 0) is 42.8 Å². The van der Waals surface area contributed by atoms with Crippen LogP contribution in [0.5, 0.6) is 5.75 Å². The number of anilines is 1. The second-order valence-electron chi connectivity index (χ2n) is 6.61. The number of hydrogen-bond donors (Lipinski definition) is 1. The van der Waals surface area contributed by atoms with Crippen molar-refractivity contribution in [1.29, 1.82) is 0 Å². The van der Waals surface area contributed by atoms with Crippen molar-refractivity contribution in [3.05, 3.63) is 54.4 Å². The molecule has 4 rings (SSSR count). The molecule has 144 valence electrons. The topological polar surface area (TPSA) is 75.3 Å². The van der Waals surface area contributed by atoms with Crippen LogP contribution in [0, 0.1) is 0 Å². The molecule has 1 aliphatic heterocycles. The van der Waals surface area contributed by atoms with Crippen molar-refractivity contribution in [2.75, 3.05) is 11.5 Å². The molecule has 1 aromatic heterocycles. The van der Waals surface area contributed by atoms with E-state index in [0.717, 1.165) is 29.0 Å². The van der Waals surface area contributed by atoms with Gasteiger partial charge in [0.25, 0.3) is 0 Å². The number of amides is 2. The van der Waals surface area contributed by atoms with Crippen molar-refractivity contribution < 1.29 is 14.3 Å². The molecule has 0 bridgehead atoms. The molecule has 0 aliphatic carbocycles. The third-order valence-electron chi connectivity index (χ3n) is 4.53. The summed E-state index contributed by atoms with van der Waals surface area (Å²) in [6, 6.07) is 14.9. The summed E-state index contributed by atoms with van der Waals surface area (Å²) in [6.45, 7) is 2.68. The lowest BCUT2D eigenvalue weighted by atomic mass is 10.3. The number of para-hydroxylation sites is 2. The minimum atomic E-state index is -0.392. The highest BCUT2D eigenvalue weighted by Crippen LogP contribution is 2.32. The molecule has 28 heavy (non-hydrogen) atoms. The van der Waals surface area contributed by atoms with E-state index < -0.39 is 5.25 Å². The first kappa shape index (κ1) is 18.6. The fourth-order valence-electron chi connectivity index (χ4n) is 3.17. The van der Waals surface area contributed by atoms with E-state index in [2.05, 4.69) is 9.97 Å². The maximum atomic E-state index is 12.8. The molecule has 7 heteroatoms. The van der Waals surface area contributed by atoms with E-state index in [1.807, 2.05) is 31.2 Å². The number of H-pyrrole nitrogens is 1. The van der Waals surface area contributed by atoms with Crippen LogP contribution < -0.4 is 9.64 Å². The molecule has 0 radical (unpaired) electrons. The molecule has 0 spiro atoms. The van der Waals surface area contributed by atoms with Gasteiger partial charge in [-0.1, -0.05) is 19.1 Å². The minimum absolute atomic E-state index is 0.172. The van der Waals surface area contributed by atoms with Crippen LogP contribution in [0.2, 0.25) is 0 Å². The van der Waals surface area contributed by atoms with E-state index in [1.165, 1.54) is 16.7 Å². The van der Waals surface area contributed by atoms with Gasteiger partial charge in [0, 0.05) is 6.42 Å². The lowest BCUT2D eigenvalue weighted by Gasteiger charge is -2.15. The number of hydrogen-bond acceptors (Lipinski definition) is 5. The summed E-state index contributed by atoms with van der Waals surface area (Å²) in [5.74, 6) is 1.75. The van der Waals surface area contributed by atoms with Gasteiger partial charge in [0.2, 0.25) is 11.8 Å². The molecule has 1 atom stereocenters. The smallest absolute Gasteiger partial charge is 0.247 e. The number of nitrogens with zero attached hydrogens (tertiary/aromatic N) is 2. The average Bonchev–Trinajstić information content (AvgIpc) is 3.25. The van der Waals surface area contributed by atoms with Crippen LogP contribution in [0.3, 0.4) is 0 Å². The molecule has 2 aromatic carbocycles. The summed E-state index contributed by atoms with van der Waals surface area (Å²) in [4.78, 5) is 34.3. The number of aromatic nitrogens is 2. The average molecular weight is 395 g/mol. The van der Waals surface area contributed by atoms with Crippen LogP contribution in [-0.4, -0.2) is 33.6 Å². The van der Waals surface area contributed by atoms with Crippen molar-refractivity contribution in [1.82, 2.24) is 9.97 Å². The monoisotopic (exact) mass is 395 g/mol. The minimum Gasteiger partial charge on any atom is -0.494 e. The molecule has 2 heterocycles. The van der Waals surface area contributed by atoms with Gasteiger partial charge in [0.1, 0.15) is 11.6 Å². The summed E-state index contributed by atoms with van der Waals surface area (Å²) >= 11 is 1.45. The Labute approximate surface area is 167 Å². The predicted octanol–water partition coefficient (Wildman–Crippen LogP) is 3.92. The quantitative estimate of drug-likeness (QED) is 0.614. The molecule has 0 unspecified atom stereocenters. The second kappa shape index (κ2) is 8.06. The molecule has 1 aliphatic rings. The number of ether oxygens (including phenoxy) is 1. The number of fused-ring (bicyclic) bond motifs is 1. The maximum absolute atomic E-state index is 12.8. The normalized spacial score (nSPS) is 16.9. The summed E-state index contributed by atoms with van der Waals surface area (Å²) in [5, 5.41) is -0.392. The predicted molar refractivity (Wildman–Crippen MR) is 111 cm³/mol. The summed E-state index contributed by atoms with van der Waals surface area (Å²) < 4.78 is 5.56. The molecular formula is C21H21N3O3S. The Balaban J connectivity index is 1.41. The van der Waals surface area contributed by atoms with Crippen LogP contribution >= 0.6 is 11.8 Å². The maximum Gasteiger partial charge on any atom is 0.247 e. The number of carbonyl (C=O) groups excluding carboxylic acids is 2. The van der Waals surface area contributed by atoms with E-state index in [-0.39, 0.29) is 18.2 Å². The Morgan fingerprint density at radius 1 is 1.18 bits per heavy atom. The highest BCUT2D eigenvalue weighted by molar-refractivity contribution is 7.99. The number of thioether (sulfide) groups is 1. The van der Waals surface area contributed by atoms with Gasteiger partial charge in [-0.2, -0.15) is 0 Å². The molecule has 6 nitrogen and oxygen atoms in total. The van der Waals surface area contributed by atoms with Crippen LogP contribution in [0.1, 0.15) is 25.6 Å². The van der Waals surface area contributed by atoms with Crippen molar-refractivity contribution in [2.45, 2.75) is 30.8 Å². The molecule has 2 amide bonds. The van der Waals surface area contributed by atoms with Gasteiger partial charge in [-0.25, -0.2) is 9.88 Å². The zero-order chi connectivity index (χ0) is 19.5. The third-order valence-corrected chi connectivity index (χ3v) is 5.74. The number of carbonyl (C=O) groups is 2. The first-order valence-corrected chi connectivity index (χ1v) is 10.4. The standard InChI is InChI=1S/C21H21N3O3S/c1-2-11-27-15-9-7-14(8-10-15)24-20(25)12-18(21(24)26)28-13-19-22-16-5-3-4-6-17(16)23-19/h3-10,18H,2,11-13H2,1H3,(H,22,23)/t18-/m0/s1. The van der Waals surface area contributed by atoms with Gasteiger partial charge in [-0.15, -0.1) is 11.8 Å². The molecule has 1 saturated heterocycles. The summed E-state index contributed by atoms with van der Waals surface area (Å²) in [6.07, 6.45) is 1.13. The van der Waals surface area contributed by atoms with Crippen molar-refractivity contribution in [3.63, 3.8) is 0 Å². The highest BCUT2D eigenvalue weighted by Gasteiger charge is 2.39. The second-order valence-corrected chi connectivity index (χ2v) is 7.81. The molecule has 3 aromatic rings. The van der Waals surface area contributed by atoms with Gasteiger partial charge in [0.15, 0.2) is 0 Å². The Morgan fingerprint density at radius 2 is 1.96 bits per heavy atom. The van der Waals surface area contributed by atoms with E-state index in [9.17, 15) is 9.59 Å². The largest absolute Gasteiger partial charge is 0.494 e. The fraction of sp³-hybridized carbons (Fsp3) is 0.286. The number of nitrogens with one attached hydrogen (secondary N) is 1. The fourth-order valence-corrected chi connectivity index (χ4v) is 4.17. The van der Waals surface area contributed by atoms with Crippen LogP contribution in [0.15, 0.2) is 48.5 Å². The highest BCUT2D eigenvalue weighted by atomic mass is 32.2. The molecule has 1 fully saturated rings. The summed E-state index contributed by atoms with van der Waals surface area (Å²) in [5.41, 5.74) is 2.46. The number of rotatable bonds is 7. The first-order chi connectivity index (χ1) is 13.7. The lowest BCUT2D eigenvalue weighted by Crippen LogP contribution is -2.31. The number of aromatic amines is 1. The van der Waals surface area contributed by atoms with Crippen LogP contribution in [0.25, 0.3) is 11.0 Å². The number of imide groups is 1. The van der Waals surface area contributed by atoms with E-state index in [0.29, 0.717) is 18.0 Å². The van der Waals surface area contributed by atoms with Gasteiger partial charge < -0.3 is 9.72 Å². The first-order valence-electron chi connectivity index (χ1n) is 9.30. The zero-order valence-electron chi connectivity index (χ0n) is 15.6. The van der Waals surface area contributed by atoms with Crippen molar-refractivity contribution in [2.24, 2.45) is 0 Å². The van der Waals surface area contributed by atoms with E-state index >= 15 is 0 Å².